The zero-order chi connectivity index (χ0) is 17.6. The maximum atomic E-state index is 11.0. The van der Waals surface area contributed by atoms with Gasteiger partial charge in [0.2, 0.25) is 0 Å². The normalized spacial score (nSPS) is 10.8. The van der Waals surface area contributed by atoms with Crippen molar-refractivity contribution in [3.05, 3.63) is 88.9 Å². The van der Waals surface area contributed by atoms with Crippen molar-refractivity contribution in [2.45, 2.75) is 0 Å². The number of anilines is 1. The number of hydrogen-bond donors (Lipinski definition) is 1. The molecule has 0 fully saturated rings. The van der Waals surface area contributed by atoms with Crippen LogP contribution in [0.25, 0.3) is 11.1 Å². The average Bonchev–Trinajstić information content (AvgIpc) is 2.64. The molecule has 0 radical (unpaired) electrons. The van der Waals surface area contributed by atoms with Gasteiger partial charge in [-0.1, -0.05) is 66.2 Å². The summed E-state index contributed by atoms with van der Waals surface area (Å²) in [5.74, 6) is -1.32. The number of hydrazone groups is 1. The van der Waals surface area contributed by atoms with Gasteiger partial charge in [-0.05, 0) is 34.9 Å². The number of benzene rings is 3. The summed E-state index contributed by atoms with van der Waals surface area (Å²) in [5.41, 5.74) is 6.42. The number of carbonyl (C=O) groups is 1. The largest absolute Gasteiger partial charge is 0.545 e. The fourth-order valence-electron chi connectivity index (χ4n) is 2.32. The predicted molar refractivity (Wildman–Crippen MR) is 98.9 cm³/mol. The van der Waals surface area contributed by atoms with E-state index in [0.717, 1.165) is 16.7 Å². The molecule has 3 aromatic carbocycles. The summed E-state index contributed by atoms with van der Waals surface area (Å²) in [5, 5.41) is 15.2. The molecule has 0 aliphatic rings. The van der Waals surface area contributed by atoms with Crippen LogP contribution in [0.2, 0.25) is 5.02 Å². The fraction of sp³-hybridized carbons (Fsp3) is 0. The number of hydrogen-bond acceptors (Lipinski definition) is 4. The van der Waals surface area contributed by atoms with E-state index in [1.807, 2.05) is 42.5 Å². The zero-order valence-electron chi connectivity index (χ0n) is 13.1. The first kappa shape index (κ1) is 16.7. The van der Waals surface area contributed by atoms with Crippen molar-refractivity contribution < 1.29 is 9.90 Å². The topological polar surface area (TPSA) is 64.5 Å². The number of carboxylic acids is 1. The van der Waals surface area contributed by atoms with Gasteiger partial charge >= 0.3 is 0 Å². The van der Waals surface area contributed by atoms with Crippen LogP contribution in [-0.4, -0.2) is 12.2 Å². The van der Waals surface area contributed by atoms with Gasteiger partial charge in [-0.25, -0.2) is 0 Å². The second-order valence-electron chi connectivity index (χ2n) is 5.34. The van der Waals surface area contributed by atoms with Gasteiger partial charge in [0.15, 0.2) is 0 Å². The van der Waals surface area contributed by atoms with Crippen molar-refractivity contribution in [1.29, 1.82) is 0 Å². The molecule has 0 aromatic heterocycles. The molecule has 124 valence electrons. The molecular formula is C20H14ClN2O2-. The standard InChI is InChI=1S/C20H15ClN2O2/c21-19-11-10-17(12-18(19)20(24)25)23-22-13-14-6-8-16(9-7-14)15-4-2-1-3-5-15/h1-13,23H,(H,24,25)/p-1/b22-13-. The number of carboxylic acid groups (broad SMARTS) is 1. The lowest BCUT2D eigenvalue weighted by atomic mass is 10.0. The van der Waals surface area contributed by atoms with Crippen LogP contribution in [0, 0.1) is 0 Å². The van der Waals surface area contributed by atoms with Gasteiger partial charge in [0.05, 0.1) is 17.9 Å². The molecule has 3 aromatic rings. The van der Waals surface area contributed by atoms with Crippen LogP contribution in [-0.2, 0) is 0 Å². The first-order valence-electron chi connectivity index (χ1n) is 7.59. The van der Waals surface area contributed by atoms with Gasteiger partial charge in [0.1, 0.15) is 0 Å². The minimum atomic E-state index is -1.32. The minimum absolute atomic E-state index is 0.0749. The molecule has 0 atom stereocenters. The van der Waals surface area contributed by atoms with E-state index in [1.54, 1.807) is 12.3 Å². The second kappa shape index (κ2) is 7.64. The van der Waals surface area contributed by atoms with Crippen molar-refractivity contribution in [1.82, 2.24) is 0 Å². The van der Waals surface area contributed by atoms with E-state index in [1.165, 1.54) is 12.1 Å². The van der Waals surface area contributed by atoms with Crippen LogP contribution in [0.4, 0.5) is 5.69 Å². The molecule has 0 saturated carbocycles. The highest BCUT2D eigenvalue weighted by molar-refractivity contribution is 6.33. The maximum absolute atomic E-state index is 11.0. The molecule has 4 nitrogen and oxygen atoms in total. The predicted octanol–water partition coefficient (Wildman–Crippen LogP) is 3.82. The van der Waals surface area contributed by atoms with Gasteiger partial charge in [0.25, 0.3) is 0 Å². The Balaban J connectivity index is 1.69. The number of carbonyl (C=O) groups excluding carboxylic acids is 1. The highest BCUT2D eigenvalue weighted by Gasteiger charge is 2.02. The Morgan fingerprint density at radius 1 is 0.960 bits per heavy atom. The first-order valence-corrected chi connectivity index (χ1v) is 7.97. The number of aromatic carboxylic acids is 1. The maximum Gasteiger partial charge on any atom is 0.0731 e. The molecule has 5 heteroatoms. The lowest BCUT2D eigenvalue weighted by molar-refractivity contribution is -0.255. The van der Waals surface area contributed by atoms with Crippen LogP contribution in [0.1, 0.15) is 15.9 Å². The molecule has 0 aliphatic carbocycles. The number of nitrogens with one attached hydrogen (secondary N) is 1. The Labute approximate surface area is 150 Å². The van der Waals surface area contributed by atoms with E-state index in [9.17, 15) is 9.90 Å². The highest BCUT2D eigenvalue weighted by Crippen LogP contribution is 2.20. The molecule has 0 aliphatic heterocycles. The summed E-state index contributed by atoms with van der Waals surface area (Å²) < 4.78 is 0. The molecule has 0 amide bonds. The number of halogens is 1. The van der Waals surface area contributed by atoms with Crippen LogP contribution >= 0.6 is 11.6 Å². The highest BCUT2D eigenvalue weighted by atomic mass is 35.5. The zero-order valence-corrected chi connectivity index (χ0v) is 13.9. The SMILES string of the molecule is O=C([O-])c1cc(N/N=C\c2ccc(-c3ccccc3)cc2)ccc1Cl. The molecule has 0 spiro atoms. The van der Waals surface area contributed by atoms with E-state index in [-0.39, 0.29) is 10.6 Å². The summed E-state index contributed by atoms with van der Waals surface area (Å²) in [7, 11) is 0. The quantitative estimate of drug-likeness (QED) is 0.562. The summed E-state index contributed by atoms with van der Waals surface area (Å²) in [6, 6.07) is 22.6. The molecule has 0 heterocycles. The van der Waals surface area contributed by atoms with Gasteiger partial charge in [0, 0.05) is 10.6 Å². The van der Waals surface area contributed by atoms with E-state index in [0.29, 0.717) is 5.69 Å². The molecule has 3 rings (SSSR count). The number of nitrogens with zero attached hydrogens (tertiary/aromatic N) is 1. The fourth-order valence-corrected chi connectivity index (χ4v) is 2.52. The van der Waals surface area contributed by atoms with E-state index in [2.05, 4.69) is 22.7 Å². The minimum Gasteiger partial charge on any atom is -0.545 e. The Morgan fingerprint density at radius 3 is 2.32 bits per heavy atom. The van der Waals surface area contributed by atoms with Crippen molar-refractivity contribution >= 4 is 29.5 Å². The molecule has 0 unspecified atom stereocenters. The third-order valence-electron chi connectivity index (χ3n) is 3.61. The smallest absolute Gasteiger partial charge is 0.0731 e. The van der Waals surface area contributed by atoms with Gasteiger partial charge in [-0.15, -0.1) is 0 Å². The van der Waals surface area contributed by atoms with E-state index in [4.69, 9.17) is 11.6 Å². The molecular weight excluding hydrogens is 336 g/mol. The van der Waals surface area contributed by atoms with Crippen molar-refractivity contribution in [2.75, 3.05) is 5.43 Å². The summed E-state index contributed by atoms with van der Waals surface area (Å²) in [4.78, 5) is 11.0. The average molecular weight is 350 g/mol. The first-order chi connectivity index (χ1) is 12.1. The van der Waals surface area contributed by atoms with Crippen LogP contribution in [0.15, 0.2) is 77.9 Å². The van der Waals surface area contributed by atoms with Crippen molar-refractivity contribution in [3.8, 4) is 11.1 Å². The summed E-state index contributed by atoms with van der Waals surface area (Å²) in [6.45, 7) is 0. The molecule has 0 saturated heterocycles. The third-order valence-corrected chi connectivity index (χ3v) is 3.94. The Hall–Kier alpha value is -3.11. The van der Waals surface area contributed by atoms with Crippen LogP contribution < -0.4 is 10.5 Å². The Bertz CT molecular complexity index is 907. The number of rotatable bonds is 5. The molecule has 25 heavy (non-hydrogen) atoms. The third kappa shape index (κ3) is 4.25. The lowest BCUT2D eigenvalue weighted by Gasteiger charge is -2.07. The van der Waals surface area contributed by atoms with Crippen LogP contribution in [0.5, 0.6) is 0 Å². The van der Waals surface area contributed by atoms with Gasteiger partial charge in [-0.2, -0.15) is 5.10 Å². The van der Waals surface area contributed by atoms with Crippen LogP contribution in [0.3, 0.4) is 0 Å². The Morgan fingerprint density at radius 2 is 1.64 bits per heavy atom. The molecule has 0 bridgehead atoms. The van der Waals surface area contributed by atoms with E-state index >= 15 is 0 Å². The lowest BCUT2D eigenvalue weighted by Crippen LogP contribution is -2.22. The van der Waals surface area contributed by atoms with E-state index < -0.39 is 5.97 Å². The van der Waals surface area contributed by atoms with Crippen molar-refractivity contribution in [3.63, 3.8) is 0 Å². The second-order valence-corrected chi connectivity index (χ2v) is 5.75. The summed E-state index contributed by atoms with van der Waals surface area (Å²) >= 11 is 5.80. The Kier molecular flexibility index (Phi) is 5.11. The van der Waals surface area contributed by atoms with Crippen molar-refractivity contribution in [2.24, 2.45) is 5.10 Å². The molecule has 1 N–H and O–H groups in total. The monoisotopic (exact) mass is 349 g/mol. The summed E-state index contributed by atoms with van der Waals surface area (Å²) in [6.07, 6.45) is 1.65. The van der Waals surface area contributed by atoms with Gasteiger partial charge in [-0.3, -0.25) is 5.43 Å². The van der Waals surface area contributed by atoms with Gasteiger partial charge < -0.3 is 9.90 Å².